The number of ether oxygens (including phenoxy) is 1. The fourth-order valence-corrected chi connectivity index (χ4v) is 1.77. The van der Waals surface area contributed by atoms with Crippen molar-refractivity contribution < 1.29 is 14.6 Å². The molecule has 0 radical (unpaired) electrons. The minimum atomic E-state index is -0.910. The van der Waals surface area contributed by atoms with Gasteiger partial charge in [-0.1, -0.05) is 0 Å². The van der Waals surface area contributed by atoms with Crippen molar-refractivity contribution in [1.29, 1.82) is 0 Å². The average Bonchev–Trinajstić information content (AvgIpc) is 2.89. The number of hydrogen-bond acceptors (Lipinski definition) is 4. The Morgan fingerprint density at radius 3 is 2.86 bits per heavy atom. The SMILES string of the molecule is O=NN1CC(CC(=O)O)OCC12CC2. The average molecular weight is 200 g/mol. The molecule has 0 aromatic rings. The quantitative estimate of drug-likeness (QED) is 0.666. The van der Waals surface area contributed by atoms with Crippen LogP contribution in [-0.2, 0) is 9.53 Å². The number of rotatable bonds is 3. The second-order valence-electron chi connectivity index (χ2n) is 3.92. The van der Waals surface area contributed by atoms with E-state index in [9.17, 15) is 9.70 Å². The molecule has 1 atom stereocenters. The molecule has 1 saturated carbocycles. The molecule has 78 valence electrons. The summed E-state index contributed by atoms with van der Waals surface area (Å²) < 4.78 is 5.38. The summed E-state index contributed by atoms with van der Waals surface area (Å²) in [6.45, 7) is 0.729. The monoisotopic (exact) mass is 200 g/mol. The van der Waals surface area contributed by atoms with Gasteiger partial charge >= 0.3 is 5.97 Å². The maximum absolute atomic E-state index is 10.5. The van der Waals surface area contributed by atoms with E-state index in [0.717, 1.165) is 12.8 Å². The highest BCUT2D eigenvalue weighted by molar-refractivity contribution is 5.67. The Kier molecular flexibility index (Phi) is 2.14. The van der Waals surface area contributed by atoms with Gasteiger partial charge in [0.2, 0.25) is 0 Å². The molecule has 1 aliphatic carbocycles. The van der Waals surface area contributed by atoms with Gasteiger partial charge in [0.05, 0.1) is 36.5 Å². The fraction of sp³-hybridized carbons (Fsp3) is 0.875. The lowest BCUT2D eigenvalue weighted by Gasteiger charge is -2.35. The third-order valence-corrected chi connectivity index (χ3v) is 2.84. The van der Waals surface area contributed by atoms with Gasteiger partial charge in [0.15, 0.2) is 0 Å². The van der Waals surface area contributed by atoms with Crippen LogP contribution in [0.1, 0.15) is 19.3 Å². The highest BCUT2D eigenvalue weighted by Gasteiger charge is 2.53. The van der Waals surface area contributed by atoms with Crippen molar-refractivity contribution in [1.82, 2.24) is 5.01 Å². The van der Waals surface area contributed by atoms with Crippen molar-refractivity contribution in [3.63, 3.8) is 0 Å². The van der Waals surface area contributed by atoms with E-state index in [1.54, 1.807) is 0 Å². The van der Waals surface area contributed by atoms with Crippen molar-refractivity contribution in [3.8, 4) is 0 Å². The molecule has 1 unspecified atom stereocenters. The smallest absolute Gasteiger partial charge is 0.306 e. The van der Waals surface area contributed by atoms with Crippen LogP contribution in [0.15, 0.2) is 5.29 Å². The molecule has 1 spiro atoms. The second-order valence-corrected chi connectivity index (χ2v) is 3.92. The predicted molar refractivity (Wildman–Crippen MR) is 46.5 cm³/mol. The van der Waals surface area contributed by atoms with Gasteiger partial charge < -0.3 is 9.84 Å². The standard InChI is InChI=1S/C8H12N2O4/c11-7(12)3-6-4-10(9-13)8(1-2-8)5-14-6/h6H,1-5H2,(H,11,12). The highest BCUT2D eigenvalue weighted by atomic mass is 16.5. The summed E-state index contributed by atoms with van der Waals surface area (Å²) >= 11 is 0. The number of carboxylic acid groups (broad SMARTS) is 1. The van der Waals surface area contributed by atoms with Gasteiger partial charge in [-0.3, -0.25) is 4.79 Å². The van der Waals surface area contributed by atoms with Gasteiger partial charge in [0, 0.05) is 0 Å². The van der Waals surface area contributed by atoms with Gasteiger partial charge in [0.1, 0.15) is 0 Å². The number of carboxylic acids is 1. The van der Waals surface area contributed by atoms with E-state index in [0.29, 0.717) is 13.2 Å². The molecule has 0 aromatic heterocycles. The van der Waals surface area contributed by atoms with E-state index in [-0.39, 0.29) is 12.0 Å². The largest absolute Gasteiger partial charge is 0.481 e. The maximum Gasteiger partial charge on any atom is 0.306 e. The van der Waals surface area contributed by atoms with Gasteiger partial charge in [-0.2, -0.15) is 0 Å². The molecule has 1 N–H and O–H groups in total. The lowest BCUT2D eigenvalue weighted by molar-refractivity contribution is -0.144. The second kappa shape index (κ2) is 3.20. The molecular formula is C8H12N2O4. The van der Waals surface area contributed by atoms with Crippen LogP contribution < -0.4 is 0 Å². The molecular weight excluding hydrogens is 188 g/mol. The minimum absolute atomic E-state index is 0.0674. The van der Waals surface area contributed by atoms with Crippen molar-refractivity contribution in [3.05, 3.63) is 4.91 Å². The highest BCUT2D eigenvalue weighted by Crippen LogP contribution is 2.44. The number of nitrogens with zero attached hydrogens (tertiary/aromatic N) is 2. The molecule has 1 aliphatic heterocycles. The molecule has 1 saturated heterocycles. The molecule has 2 fully saturated rings. The summed E-state index contributed by atoms with van der Waals surface area (Å²) in [6, 6.07) is 0. The normalized spacial score (nSPS) is 28.9. The Bertz CT molecular complexity index is 264. The molecule has 14 heavy (non-hydrogen) atoms. The Labute approximate surface area is 80.8 Å². The third kappa shape index (κ3) is 1.57. The molecule has 0 aromatic carbocycles. The maximum atomic E-state index is 10.5. The zero-order valence-electron chi connectivity index (χ0n) is 7.68. The van der Waals surface area contributed by atoms with Crippen LogP contribution in [0.3, 0.4) is 0 Å². The van der Waals surface area contributed by atoms with E-state index in [2.05, 4.69) is 5.29 Å². The van der Waals surface area contributed by atoms with Gasteiger partial charge in [-0.25, -0.2) is 5.01 Å². The zero-order chi connectivity index (χ0) is 10.2. The summed E-state index contributed by atoms with van der Waals surface area (Å²) in [4.78, 5) is 21.0. The first-order valence-corrected chi connectivity index (χ1v) is 4.61. The van der Waals surface area contributed by atoms with Crippen LogP contribution in [0.4, 0.5) is 0 Å². The van der Waals surface area contributed by atoms with Crippen LogP contribution in [-0.4, -0.2) is 40.9 Å². The van der Waals surface area contributed by atoms with Crippen molar-refractivity contribution in [2.45, 2.75) is 30.9 Å². The molecule has 0 amide bonds. The van der Waals surface area contributed by atoms with Gasteiger partial charge in [-0.15, -0.1) is 4.91 Å². The summed E-state index contributed by atoms with van der Waals surface area (Å²) in [7, 11) is 0. The first-order chi connectivity index (χ1) is 6.66. The lowest BCUT2D eigenvalue weighted by atomic mass is 10.1. The fourth-order valence-electron chi connectivity index (χ4n) is 1.77. The van der Waals surface area contributed by atoms with Crippen LogP contribution in [0.5, 0.6) is 0 Å². The molecule has 2 rings (SSSR count). The number of hydrogen-bond donors (Lipinski definition) is 1. The third-order valence-electron chi connectivity index (χ3n) is 2.84. The van der Waals surface area contributed by atoms with Crippen molar-refractivity contribution in [2.75, 3.05) is 13.2 Å². The minimum Gasteiger partial charge on any atom is -0.481 e. The molecule has 0 bridgehead atoms. The topological polar surface area (TPSA) is 79.2 Å². The Hall–Kier alpha value is -1.17. The van der Waals surface area contributed by atoms with E-state index < -0.39 is 12.1 Å². The van der Waals surface area contributed by atoms with Crippen molar-refractivity contribution in [2.24, 2.45) is 5.29 Å². The Balaban J connectivity index is 1.94. The summed E-state index contributed by atoms with van der Waals surface area (Å²) in [5.74, 6) is -0.910. The molecule has 1 heterocycles. The van der Waals surface area contributed by atoms with E-state index >= 15 is 0 Å². The number of nitroso groups, excluding NO2 is 1. The van der Waals surface area contributed by atoms with Crippen LogP contribution in [0, 0.1) is 4.91 Å². The van der Waals surface area contributed by atoms with E-state index in [1.807, 2.05) is 0 Å². The van der Waals surface area contributed by atoms with E-state index in [4.69, 9.17) is 9.84 Å². The Morgan fingerprint density at radius 2 is 2.36 bits per heavy atom. The first-order valence-electron chi connectivity index (χ1n) is 4.61. The summed E-state index contributed by atoms with van der Waals surface area (Å²) in [6.07, 6.45) is 1.36. The summed E-state index contributed by atoms with van der Waals surface area (Å²) in [5, 5.41) is 12.9. The van der Waals surface area contributed by atoms with Crippen LogP contribution in [0.2, 0.25) is 0 Å². The lowest BCUT2D eigenvalue weighted by Crippen LogP contribution is -2.49. The summed E-state index contributed by atoms with van der Waals surface area (Å²) in [5.41, 5.74) is -0.198. The van der Waals surface area contributed by atoms with Gasteiger partial charge in [0.25, 0.3) is 0 Å². The molecule has 2 aliphatic rings. The van der Waals surface area contributed by atoms with Crippen LogP contribution >= 0.6 is 0 Å². The first kappa shape index (κ1) is 9.39. The molecule has 6 heteroatoms. The Morgan fingerprint density at radius 1 is 1.64 bits per heavy atom. The number of aliphatic carboxylic acids is 1. The zero-order valence-corrected chi connectivity index (χ0v) is 7.68. The van der Waals surface area contributed by atoms with E-state index in [1.165, 1.54) is 5.01 Å². The van der Waals surface area contributed by atoms with Crippen molar-refractivity contribution >= 4 is 5.97 Å². The van der Waals surface area contributed by atoms with Gasteiger partial charge in [-0.05, 0) is 12.8 Å². The number of carbonyl (C=O) groups is 1. The number of morpholine rings is 1. The molecule has 6 nitrogen and oxygen atoms in total. The van der Waals surface area contributed by atoms with Crippen LogP contribution in [0.25, 0.3) is 0 Å². The predicted octanol–water partition coefficient (Wildman–Crippen LogP) is 0.376.